The predicted molar refractivity (Wildman–Crippen MR) is 119 cm³/mol. The molecule has 8 heteroatoms. The fourth-order valence-electron chi connectivity index (χ4n) is 3.16. The molecule has 0 spiro atoms. The molecule has 0 amide bonds. The van der Waals surface area contributed by atoms with Crippen LogP contribution in [-0.4, -0.2) is 51.6 Å². The molecular weight excluding hydrogens is 463 g/mol. The molecule has 2 N–H and O–H groups in total. The van der Waals surface area contributed by atoms with Gasteiger partial charge in [-0.2, -0.15) is 0 Å². The fourth-order valence-corrected chi connectivity index (χ4v) is 4.03. The molecule has 2 rings (SSSR count). The van der Waals surface area contributed by atoms with E-state index in [2.05, 4.69) is 46.8 Å². The van der Waals surface area contributed by atoms with Crippen molar-refractivity contribution < 1.29 is 8.42 Å². The van der Waals surface area contributed by atoms with Crippen LogP contribution in [0.2, 0.25) is 0 Å². The predicted octanol–water partition coefficient (Wildman–Crippen LogP) is 2.20. The van der Waals surface area contributed by atoms with Gasteiger partial charge in [0.05, 0.1) is 6.26 Å². The highest BCUT2D eigenvalue weighted by Crippen LogP contribution is 2.18. The zero-order valence-electron chi connectivity index (χ0n) is 15.9. The molecule has 0 bridgehead atoms. The summed E-state index contributed by atoms with van der Waals surface area (Å²) in [6, 6.07) is 8.42. The summed E-state index contributed by atoms with van der Waals surface area (Å²) in [5.74, 6) is 1.26. The van der Waals surface area contributed by atoms with E-state index in [1.165, 1.54) is 17.4 Å². The lowest BCUT2D eigenvalue weighted by molar-refractivity contribution is 0.275. The van der Waals surface area contributed by atoms with E-state index in [-0.39, 0.29) is 24.0 Å². The number of aliphatic imine (C=N–C) groups is 1. The van der Waals surface area contributed by atoms with E-state index in [0.717, 1.165) is 38.3 Å². The monoisotopic (exact) mass is 494 g/mol. The quantitative estimate of drug-likeness (QED) is 0.362. The number of nitrogens with zero attached hydrogens (tertiary/aromatic N) is 2. The first kappa shape index (κ1) is 23.2. The van der Waals surface area contributed by atoms with Gasteiger partial charge in [0.2, 0.25) is 10.0 Å². The topological polar surface area (TPSA) is 73.8 Å². The van der Waals surface area contributed by atoms with Gasteiger partial charge in [-0.1, -0.05) is 31.2 Å². The smallest absolute Gasteiger partial charge is 0.211 e. The molecule has 0 saturated carbocycles. The van der Waals surface area contributed by atoms with Crippen LogP contribution in [0.5, 0.6) is 0 Å². The van der Waals surface area contributed by atoms with E-state index >= 15 is 0 Å². The van der Waals surface area contributed by atoms with Crippen molar-refractivity contribution in [3.05, 3.63) is 35.4 Å². The minimum absolute atomic E-state index is 0. The largest absolute Gasteiger partial charge is 0.356 e. The summed E-state index contributed by atoms with van der Waals surface area (Å²) in [4.78, 5) is 4.29. The molecular formula is C18H31IN4O2S. The average Bonchev–Trinajstić information content (AvgIpc) is 2.61. The van der Waals surface area contributed by atoms with Gasteiger partial charge in [-0.25, -0.2) is 12.7 Å². The molecule has 26 heavy (non-hydrogen) atoms. The van der Waals surface area contributed by atoms with Crippen LogP contribution in [0, 0.1) is 5.92 Å². The SMILES string of the molecule is CCc1ccccc1CNC(=NC)NCC1CCN(S(C)(=O)=O)CC1.I. The lowest BCUT2D eigenvalue weighted by Crippen LogP contribution is -2.43. The molecule has 0 radical (unpaired) electrons. The molecule has 1 saturated heterocycles. The third-order valence-corrected chi connectivity index (χ3v) is 6.07. The van der Waals surface area contributed by atoms with E-state index in [9.17, 15) is 8.42 Å². The number of rotatable bonds is 6. The molecule has 1 aromatic rings. The first-order valence-electron chi connectivity index (χ1n) is 8.90. The summed E-state index contributed by atoms with van der Waals surface area (Å²) in [6.45, 7) is 4.94. The van der Waals surface area contributed by atoms with Gasteiger partial charge in [-0.05, 0) is 36.3 Å². The summed E-state index contributed by atoms with van der Waals surface area (Å²) >= 11 is 0. The normalized spacial score (nSPS) is 16.8. The first-order valence-corrected chi connectivity index (χ1v) is 10.7. The van der Waals surface area contributed by atoms with Crippen LogP contribution >= 0.6 is 24.0 Å². The second kappa shape index (κ2) is 11.1. The van der Waals surface area contributed by atoms with Crippen molar-refractivity contribution in [3.63, 3.8) is 0 Å². The zero-order chi connectivity index (χ0) is 18.3. The molecule has 1 aromatic carbocycles. The van der Waals surface area contributed by atoms with Gasteiger partial charge in [0.25, 0.3) is 0 Å². The average molecular weight is 494 g/mol. The number of nitrogens with one attached hydrogen (secondary N) is 2. The molecule has 0 atom stereocenters. The Hall–Kier alpha value is -0.870. The minimum Gasteiger partial charge on any atom is -0.356 e. The van der Waals surface area contributed by atoms with Crippen LogP contribution in [-0.2, 0) is 23.0 Å². The maximum absolute atomic E-state index is 11.6. The van der Waals surface area contributed by atoms with E-state index in [0.29, 0.717) is 19.0 Å². The Morgan fingerprint density at radius 3 is 2.35 bits per heavy atom. The van der Waals surface area contributed by atoms with Crippen LogP contribution < -0.4 is 10.6 Å². The van der Waals surface area contributed by atoms with Crippen LogP contribution in [0.25, 0.3) is 0 Å². The maximum atomic E-state index is 11.6. The number of hydrogen-bond donors (Lipinski definition) is 2. The summed E-state index contributed by atoms with van der Waals surface area (Å²) in [5, 5.41) is 6.74. The van der Waals surface area contributed by atoms with Crippen molar-refractivity contribution in [1.82, 2.24) is 14.9 Å². The highest BCUT2D eigenvalue weighted by atomic mass is 127. The van der Waals surface area contributed by atoms with Crippen molar-refractivity contribution in [2.75, 3.05) is 32.9 Å². The first-order chi connectivity index (χ1) is 11.9. The molecule has 1 aliphatic rings. The maximum Gasteiger partial charge on any atom is 0.211 e. The van der Waals surface area contributed by atoms with Gasteiger partial charge in [0.1, 0.15) is 0 Å². The molecule has 1 fully saturated rings. The van der Waals surface area contributed by atoms with E-state index in [1.54, 1.807) is 11.4 Å². The van der Waals surface area contributed by atoms with Gasteiger partial charge >= 0.3 is 0 Å². The number of guanidine groups is 1. The Bertz CT molecular complexity index is 686. The summed E-state index contributed by atoms with van der Waals surface area (Å²) < 4.78 is 24.7. The Balaban J connectivity index is 0.00000338. The molecule has 1 heterocycles. The minimum atomic E-state index is -3.05. The third kappa shape index (κ3) is 7.03. The number of hydrogen-bond acceptors (Lipinski definition) is 3. The second-order valence-electron chi connectivity index (χ2n) is 6.53. The van der Waals surface area contributed by atoms with Crippen LogP contribution in [0.1, 0.15) is 30.9 Å². The van der Waals surface area contributed by atoms with Crippen LogP contribution in [0.3, 0.4) is 0 Å². The van der Waals surface area contributed by atoms with Crippen molar-refractivity contribution in [2.45, 2.75) is 32.7 Å². The van der Waals surface area contributed by atoms with Crippen LogP contribution in [0.15, 0.2) is 29.3 Å². The fraction of sp³-hybridized carbons (Fsp3) is 0.611. The van der Waals surface area contributed by atoms with Gasteiger partial charge in [-0.3, -0.25) is 4.99 Å². The molecule has 0 aromatic heterocycles. The van der Waals surface area contributed by atoms with E-state index in [1.807, 2.05) is 0 Å². The molecule has 0 aliphatic carbocycles. The highest BCUT2D eigenvalue weighted by molar-refractivity contribution is 14.0. The summed E-state index contributed by atoms with van der Waals surface area (Å²) in [6.07, 6.45) is 4.07. The van der Waals surface area contributed by atoms with Crippen molar-refractivity contribution in [1.29, 1.82) is 0 Å². The van der Waals surface area contributed by atoms with Gasteiger partial charge in [0.15, 0.2) is 5.96 Å². The second-order valence-corrected chi connectivity index (χ2v) is 8.52. The van der Waals surface area contributed by atoms with E-state index in [4.69, 9.17) is 0 Å². The standard InChI is InChI=1S/C18H30N4O2S.HI/c1-4-16-7-5-6-8-17(16)14-21-18(19-2)20-13-15-9-11-22(12-10-15)25(3,23)24;/h5-8,15H,4,9-14H2,1-3H3,(H2,19,20,21);1H. The molecule has 6 nitrogen and oxygen atoms in total. The Labute approximate surface area is 174 Å². The number of halogens is 1. The van der Waals surface area contributed by atoms with Gasteiger partial charge in [0, 0.05) is 33.2 Å². The zero-order valence-corrected chi connectivity index (χ0v) is 19.0. The summed E-state index contributed by atoms with van der Waals surface area (Å²) in [5.41, 5.74) is 2.63. The Kier molecular flexibility index (Phi) is 9.88. The van der Waals surface area contributed by atoms with Crippen molar-refractivity contribution >= 4 is 40.0 Å². The van der Waals surface area contributed by atoms with Gasteiger partial charge < -0.3 is 10.6 Å². The molecule has 0 unspecified atom stereocenters. The Morgan fingerprint density at radius 1 is 1.19 bits per heavy atom. The van der Waals surface area contributed by atoms with Crippen molar-refractivity contribution in [3.8, 4) is 0 Å². The number of benzene rings is 1. The Morgan fingerprint density at radius 2 is 1.81 bits per heavy atom. The lowest BCUT2D eigenvalue weighted by atomic mass is 9.98. The third-order valence-electron chi connectivity index (χ3n) is 4.77. The lowest BCUT2D eigenvalue weighted by Gasteiger charge is -2.30. The number of piperidine rings is 1. The van der Waals surface area contributed by atoms with Gasteiger partial charge in [-0.15, -0.1) is 24.0 Å². The summed E-state index contributed by atoms with van der Waals surface area (Å²) in [7, 11) is -1.28. The highest BCUT2D eigenvalue weighted by Gasteiger charge is 2.24. The number of sulfonamides is 1. The number of aryl methyl sites for hydroxylation is 1. The molecule has 148 valence electrons. The van der Waals surface area contributed by atoms with Crippen molar-refractivity contribution in [2.24, 2.45) is 10.9 Å². The van der Waals surface area contributed by atoms with Crippen LogP contribution in [0.4, 0.5) is 0 Å². The molecule has 1 aliphatic heterocycles. The van der Waals surface area contributed by atoms with E-state index < -0.39 is 10.0 Å².